The molecule has 0 unspecified atom stereocenters. The van der Waals surface area contributed by atoms with E-state index in [2.05, 4.69) is 15.6 Å². The van der Waals surface area contributed by atoms with Crippen LogP contribution in [-0.4, -0.2) is 40.1 Å². The van der Waals surface area contributed by atoms with Gasteiger partial charge in [-0.15, -0.1) is 0 Å². The van der Waals surface area contributed by atoms with Crippen molar-refractivity contribution in [1.29, 1.82) is 0 Å². The Hall–Kier alpha value is -3.16. The molecule has 0 aromatic carbocycles. The van der Waals surface area contributed by atoms with Crippen molar-refractivity contribution in [3.05, 3.63) is 47.5 Å². The van der Waals surface area contributed by atoms with Gasteiger partial charge in [0.2, 0.25) is 0 Å². The number of esters is 1. The maximum absolute atomic E-state index is 12.5. The molecule has 0 aliphatic carbocycles. The molecule has 2 aromatic rings. The summed E-state index contributed by atoms with van der Waals surface area (Å²) in [6, 6.07) is 4.75. The van der Waals surface area contributed by atoms with Gasteiger partial charge < -0.3 is 14.6 Å². The molecule has 0 saturated carbocycles. The number of pyridine rings is 1. The number of urea groups is 1. The van der Waals surface area contributed by atoms with Gasteiger partial charge in [0, 0.05) is 24.1 Å². The van der Waals surface area contributed by atoms with E-state index in [-0.39, 0.29) is 0 Å². The van der Waals surface area contributed by atoms with Crippen LogP contribution in [-0.2, 0) is 9.53 Å². The molecule has 2 N–H and O–H groups in total. The molecule has 0 saturated heterocycles. The summed E-state index contributed by atoms with van der Waals surface area (Å²) in [7, 11) is 0. The molecule has 0 aliphatic heterocycles. The number of nitrogens with one attached hydrogen (secondary N) is 2. The first kappa shape index (κ1) is 19.2. The fraction of sp³-hybridized carbons (Fsp3) is 0.333. The molecule has 26 heavy (non-hydrogen) atoms. The van der Waals surface area contributed by atoms with Gasteiger partial charge >= 0.3 is 12.0 Å². The Morgan fingerprint density at radius 2 is 2.04 bits per heavy atom. The van der Waals surface area contributed by atoms with Crippen LogP contribution in [0.4, 0.5) is 4.79 Å². The van der Waals surface area contributed by atoms with E-state index in [0.717, 1.165) is 11.4 Å². The minimum atomic E-state index is -1.11. The summed E-state index contributed by atoms with van der Waals surface area (Å²) in [6.45, 7) is 7.17. The smallest absolute Gasteiger partial charge is 0.340 e. The van der Waals surface area contributed by atoms with Gasteiger partial charge in [0.05, 0.1) is 17.4 Å². The zero-order chi connectivity index (χ0) is 19.3. The van der Waals surface area contributed by atoms with E-state index in [9.17, 15) is 14.4 Å². The number of imide groups is 1. The van der Waals surface area contributed by atoms with Crippen molar-refractivity contribution in [2.24, 2.45) is 0 Å². The molecular weight excluding hydrogens is 336 g/mol. The second-order valence-corrected chi connectivity index (χ2v) is 5.73. The maximum Gasteiger partial charge on any atom is 0.340 e. The van der Waals surface area contributed by atoms with Crippen LogP contribution in [0.5, 0.6) is 0 Å². The van der Waals surface area contributed by atoms with Gasteiger partial charge in [0.1, 0.15) is 0 Å². The number of aromatic nitrogens is 2. The Balaban J connectivity index is 2.13. The van der Waals surface area contributed by atoms with Crippen LogP contribution >= 0.6 is 0 Å². The van der Waals surface area contributed by atoms with E-state index in [1.54, 1.807) is 38.4 Å². The van der Waals surface area contributed by atoms with Crippen molar-refractivity contribution < 1.29 is 19.1 Å². The number of hydrogen-bond acceptors (Lipinski definition) is 5. The lowest BCUT2D eigenvalue weighted by molar-refractivity contribution is -0.127. The standard InChI is InChI=1S/C18H22N4O4/c1-5-20-18(25)21-16(23)13(4)26-17(24)15-9-11(2)22(12(15)3)14-7-6-8-19-10-14/h6-10,13H,5H2,1-4H3,(H2,20,21,23,25)/t13-/m0/s1. The molecule has 2 aromatic heterocycles. The molecule has 2 rings (SSSR count). The Morgan fingerprint density at radius 1 is 1.31 bits per heavy atom. The van der Waals surface area contributed by atoms with Gasteiger partial charge in [0.15, 0.2) is 6.10 Å². The van der Waals surface area contributed by atoms with Crippen LogP contribution in [0.1, 0.15) is 35.6 Å². The average Bonchev–Trinajstić information content (AvgIpc) is 2.90. The lowest BCUT2D eigenvalue weighted by atomic mass is 10.2. The van der Waals surface area contributed by atoms with Crippen LogP contribution in [0.15, 0.2) is 30.6 Å². The fourth-order valence-corrected chi connectivity index (χ4v) is 2.55. The largest absolute Gasteiger partial charge is 0.449 e. The lowest BCUT2D eigenvalue weighted by Crippen LogP contribution is -2.44. The summed E-state index contributed by atoms with van der Waals surface area (Å²) >= 11 is 0. The van der Waals surface area contributed by atoms with Crippen molar-refractivity contribution >= 4 is 17.9 Å². The van der Waals surface area contributed by atoms with Crippen LogP contribution in [0.25, 0.3) is 5.69 Å². The summed E-state index contributed by atoms with van der Waals surface area (Å²) in [4.78, 5) is 39.8. The third kappa shape index (κ3) is 4.27. The fourth-order valence-electron chi connectivity index (χ4n) is 2.55. The quantitative estimate of drug-likeness (QED) is 0.795. The Morgan fingerprint density at radius 3 is 2.65 bits per heavy atom. The zero-order valence-electron chi connectivity index (χ0n) is 15.2. The van der Waals surface area contributed by atoms with Crippen molar-refractivity contribution in [2.45, 2.75) is 33.8 Å². The molecule has 0 spiro atoms. The molecule has 8 nitrogen and oxygen atoms in total. The number of aryl methyl sites for hydroxylation is 1. The molecule has 2 heterocycles. The Labute approximate surface area is 151 Å². The maximum atomic E-state index is 12.5. The van der Waals surface area contributed by atoms with Crippen molar-refractivity contribution in [3.8, 4) is 5.69 Å². The number of hydrogen-bond donors (Lipinski definition) is 2. The number of ether oxygens (including phenoxy) is 1. The molecule has 0 aliphatic rings. The van der Waals surface area contributed by atoms with Gasteiger partial charge in [0.25, 0.3) is 5.91 Å². The van der Waals surface area contributed by atoms with Gasteiger partial charge in [-0.1, -0.05) is 0 Å². The highest BCUT2D eigenvalue weighted by Gasteiger charge is 2.24. The molecule has 0 bridgehead atoms. The van der Waals surface area contributed by atoms with E-state index in [1.807, 2.05) is 17.6 Å². The number of carbonyl (C=O) groups is 3. The van der Waals surface area contributed by atoms with Gasteiger partial charge in [-0.05, 0) is 45.9 Å². The molecular formula is C18H22N4O4. The molecule has 0 fully saturated rings. The van der Waals surface area contributed by atoms with E-state index < -0.39 is 24.0 Å². The van der Waals surface area contributed by atoms with Crippen molar-refractivity contribution in [1.82, 2.24) is 20.2 Å². The highest BCUT2D eigenvalue weighted by Crippen LogP contribution is 2.21. The highest BCUT2D eigenvalue weighted by atomic mass is 16.5. The third-order valence-electron chi connectivity index (χ3n) is 3.78. The second kappa shape index (κ2) is 8.28. The van der Waals surface area contributed by atoms with E-state index in [4.69, 9.17) is 4.74 Å². The van der Waals surface area contributed by atoms with Gasteiger partial charge in [-0.2, -0.15) is 0 Å². The van der Waals surface area contributed by atoms with Crippen LogP contribution < -0.4 is 10.6 Å². The van der Waals surface area contributed by atoms with E-state index in [0.29, 0.717) is 17.8 Å². The molecule has 0 radical (unpaired) electrons. The first-order valence-electron chi connectivity index (χ1n) is 8.24. The first-order chi connectivity index (χ1) is 12.3. The summed E-state index contributed by atoms with van der Waals surface area (Å²) in [5.41, 5.74) is 2.69. The number of rotatable bonds is 5. The summed E-state index contributed by atoms with van der Waals surface area (Å²) < 4.78 is 7.08. The predicted molar refractivity (Wildman–Crippen MR) is 95.1 cm³/mol. The van der Waals surface area contributed by atoms with Crippen LogP contribution in [0.2, 0.25) is 0 Å². The van der Waals surface area contributed by atoms with Crippen molar-refractivity contribution in [3.63, 3.8) is 0 Å². The highest BCUT2D eigenvalue weighted by molar-refractivity contribution is 5.98. The predicted octanol–water partition coefficient (Wildman–Crippen LogP) is 1.88. The Bertz CT molecular complexity index is 814. The second-order valence-electron chi connectivity index (χ2n) is 5.73. The van der Waals surface area contributed by atoms with E-state index in [1.165, 1.54) is 6.92 Å². The van der Waals surface area contributed by atoms with Gasteiger partial charge in [-0.3, -0.25) is 15.1 Å². The minimum Gasteiger partial charge on any atom is -0.449 e. The molecule has 8 heteroatoms. The monoisotopic (exact) mass is 358 g/mol. The number of amides is 3. The Kier molecular flexibility index (Phi) is 6.11. The molecule has 1 atom stereocenters. The number of carbonyl (C=O) groups excluding carboxylic acids is 3. The lowest BCUT2D eigenvalue weighted by Gasteiger charge is -2.13. The molecule has 3 amide bonds. The summed E-state index contributed by atoms with van der Waals surface area (Å²) in [5.74, 6) is -1.32. The average molecular weight is 358 g/mol. The van der Waals surface area contributed by atoms with Gasteiger partial charge in [-0.25, -0.2) is 9.59 Å². The minimum absolute atomic E-state index is 0.351. The SMILES string of the molecule is CCNC(=O)NC(=O)[C@H](C)OC(=O)c1cc(C)n(-c2cccnc2)c1C. The zero-order valence-corrected chi connectivity index (χ0v) is 15.2. The molecule has 138 valence electrons. The topological polar surface area (TPSA) is 102 Å². The first-order valence-corrected chi connectivity index (χ1v) is 8.24. The summed E-state index contributed by atoms with van der Waals surface area (Å²) in [6.07, 6.45) is 2.26. The summed E-state index contributed by atoms with van der Waals surface area (Å²) in [5, 5.41) is 4.55. The third-order valence-corrected chi connectivity index (χ3v) is 3.78. The van der Waals surface area contributed by atoms with Crippen LogP contribution in [0, 0.1) is 13.8 Å². The van der Waals surface area contributed by atoms with Crippen LogP contribution in [0.3, 0.4) is 0 Å². The number of nitrogens with zero attached hydrogens (tertiary/aromatic N) is 2. The van der Waals surface area contributed by atoms with E-state index >= 15 is 0 Å². The van der Waals surface area contributed by atoms with Crippen molar-refractivity contribution in [2.75, 3.05) is 6.54 Å². The normalized spacial score (nSPS) is 11.5.